The average Bonchev–Trinajstić information content (AvgIpc) is 2.63. The lowest BCUT2D eigenvalue weighted by atomic mass is 10.1. The van der Waals surface area contributed by atoms with E-state index in [0.717, 1.165) is 12.8 Å². The van der Waals surface area contributed by atoms with Crippen LogP contribution in [0.1, 0.15) is 19.3 Å². The molecule has 1 heterocycles. The molecule has 2 amide bonds. The van der Waals surface area contributed by atoms with Crippen molar-refractivity contribution in [2.45, 2.75) is 25.3 Å². The minimum Gasteiger partial charge on any atom is -0.481 e. The molecule has 1 aromatic rings. The van der Waals surface area contributed by atoms with Gasteiger partial charge in [-0.15, -0.1) is 0 Å². The van der Waals surface area contributed by atoms with E-state index in [-0.39, 0.29) is 28.3 Å². The van der Waals surface area contributed by atoms with E-state index in [0.29, 0.717) is 18.0 Å². The first kappa shape index (κ1) is 17.2. The highest BCUT2D eigenvalue weighted by atomic mass is 35.5. The van der Waals surface area contributed by atoms with E-state index in [9.17, 15) is 9.59 Å². The summed E-state index contributed by atoms with van der Waals surface area (Å²) in [5.41, 5.74) is 0. The van der Waals surface area contributed by atoms with Crippen molar-refractivity contribution in [2.75, 3.05) is 13.2 Å². The fourth-order valence-corrected chi connectivity index (χ4v) is 3.04. The zero-order valence-corrected chi connectivity index (χ0v) is 13.9. The standard InChI is InChI=1S/C14H15Cl3N2O3/c15-8-5-9(16)13(10(17)6-8)22-7-12(20)19-11-3-1-2-4-18-14(11)21/h5-6,11H,1-4,7H2,(H,18,21)(H,19,20)/t11-/m1/s1. The summed E-state index contributed by atoms with van der Waals surface area (Å²) in [4.78, 5) is 23.6. The first-order chi connectivity index (χ1) is 10.5. The Morgan fingerprint density at radius 2 is 1.95 bits per heavy atom. The largest absolute Gasteiger partial charge is 0.481 e. The molecular weight excluding hydrogens is 351 g/mol. The van der Waals surface area contributed by atoms with Crippen LogP contribution in [0.5, 0.6) is 5.75 Å². The third-order valence-corrected chi connectivity index (χ3v) is 3.96. The van der Waals surface area contributed by atoms with Crippen LogP contribution in [0, 0.1) is 0 Å². The number of benzene rings is 1. The molecule has 1 saturated heterocycles. The molecule has 1 atom stereocenters. The van der Waals surface area contributed by atoms with Crippen molar-refractivity contribution in [2.24, 2.45) is 0 Å². The Morgan fingerprint density at radius 3 is 2.64 bits per heavy atom. The van der Waals surface area contributed by atoms with Crippen molar-refractivity contribution in [3.8, 4) is 5.75 Å². The summed E-state index contributed by atoms with van der Waals surface area (Å²) in [6.07, 6.45) is 2.39. The topological polar surface area (TPSA) is 67.4 Å². The van der Waals surface area contributed by atoms with E-state index in [2.05, 4.69) is 10.6 Å². The zero-order valence-electron chi connectivity index (χ0n) is 11.6. The fraction of sp³-hybridized carbons (Fsp3) is 0.429. The van der Waals surface area contributed by atoms with Crippen LogP contribution < -0.4 is 15.4 Å². The quantitative estimate of drug-likeness (QED) is 0.862. The Hall–Kier alpha value is -1.17. The van der Waals surface area contributed by atoms with Crippen molar-refractivity contribution in [3.05, 3.63) is 27.2 Å². The SMILES string of the molecule is O=C(COc1c(Cl)cc(Cl)cc1Cl)N[C@@H]1CCCCNC1=O. The molecule has 5 nitrogen and oxygen atoms in total. The van der Waals surface area contributed by atoms with Crippen LogP contribution in [0.15, 0.2) is 12.1 Å². The molecule has 0 unspecified atom stereocenters. The summed E-state index contributed by atoms with van der Waals surface area (Å²) in [7, 11) is 0. The molecule has 1 fully saturated rings. The summed E-state index contributed by atoms with van der Waals surface area (Å²) in [5, 5.41) is 6.20. The van der Waals surface area contributed by atoms with Crippen molar-refractivity contribution >= 4 is 46.6 Å². The minimum atomic E-state index is -0.533. The zero-order chi connectivity index (χ0) is 16.1. The van der Waals surface area contributed by atoms with Gasteiger partial charge in [-0.3, -0.25) is 9.59 Å². The Morgan fingerprint density at radius 1 is 1.27 bits per heavy atom. The van der Waals surface area contributed by atoms with Gasteiger partial charge in [0.1, 0.15) is 6.04 Å². The second-order valence-corrected chi connectivity index (χ2v) is 6.14. The van der Waals surface area contributed by atoms with Crippen LogP contribution in [-0.4, -0.2) is 31.0 Å². The molecule has 1 aliphatic rings. The van der Waals surface area contributed by atoms with Crippen molar-refractivity contribution in [3.63, 3.8) is 0 Å². The average molecular weight is 366 g/mol. The molecular formula is C14H15Cl3N2O3. The highest BCUT2D eigenvalue weighted by Gasteiger charge is 2.22. The Balaban J connectivity index is 1.91. The monoisotopic (exact) mass is 364 g/mol. The van der Waals surface area contributed by atoms with Gasteiger partial charge in [-0.2, -0.15) is 0 Å². The second-order valence-electron chi connectivity index (χ2n) is 4.89. The van der Waals surface area contributed by atoms with Gasteiger partial charge in [0.2, 0.25) is 5.91 Å². The molecule has 2 rings (SSSR count). The maximum absolute atomic E-state index is 11.9. The summed E-state index contributed by atoms with van der Waals surface area (Å²) in [6, 6.07) is 2.41. The van der Waals surface area contributed by atoms with Gasteiger partial charge in [0.15, 0.2) is 12.4 Å². The molecule has 0 aliphatic carbocycles. The number of rotatable bonds is 4. The van der Waals surface area contributed by atoms with Crippen LogP contribution in [0.25, 0.3) is 0 Å². The van der Waals surface area contributed by atoms with E-state index in [1.807, 2.05) is 0 Å². The molecule has 2 N–H and O–H groups in total. The molecule has 0 radical (unpaired) electrons. The lowest BCUT2D eigenvalue weighted by Crippen LogP contribution is -2.46. The van der Waals surface area contributed by atoms with Crippen LogP contribution in [0.2, 0.25) is 15.1 Å². The highest BCUT2D eigenvalue weighted by molar-refractivity contribution is 6.40. The normalized spacial score (nSPS) is 18.3. The Bertz CT molecular complexity index is 557. The summed E-state index contributed by atoms with van der Waals surface area (Å²) in [5.74, 6) is -0.397. The maximum atomic E-state index is 11.9. The maximum Gasteiger partial charge on any atom is 0.258 e. The van der Waals surface area contributed by atoms with Crippen molar-refractivity contribution < 1.29 is 14.3 Å². The van der Waals surface area contributed by atoms with Crippen LogP contribution >= 0.6 is 34.8 Å². The summed E-state index contributed by atoms with van der Waals surface area (Å²) < 4.78 is 5.33. The molecule has 8 heteroatoms. The second kappa shape index (κ2) is 7.90. The molecule has 0 saturated carbocycles. The molecule has 0 aromatic heterocycles. The third-order valence-electron chi connectivity index (χ3n) is 3.18. The Labute approximate surface area is 143 Å². The lowest BCUT2D eigenvalue weighted by molar-refractivity contribution is -0.129. The fourth-order valence-electron chi connectivity index (χ4n) is 2.12. The predicted molar refractivity (Wildman–Crippen MR) is 85.8 cm³/mol. The third kappa shape index (κ3) is 4.66. The number of carbonyl (C=O) groups excluding carboxylic acids is 2. The summed E-state index contributed by atoms with van der Waals surface area (Å²) >= 11 is 17.7. The van der Waals surface area contributed by atoms with E-state index in [4.69, 9.17) is 39.5 Å². The van der Waals surface area contributed by atoms with Crippen LogP contribution in [0.3, 0.4) is 0 Å². The van der Waals surface area contributed by atoms with E-state index < -0.39 is 11.9 Å². The summed E-state index contributed by atoms with van der Waals surface area (Å²) in [6.45, 7) is 0.350. The number of carbonyl (C=O) groups is 2. The molecule has 0 spiro atoms. The Kier molecular flexibility index (Phi) is 6.17. The van der Waals surface area contributed by atoms with Crippen LogP contribution in [-0.2, 0) is 9.59 Å². The predicted octanol–water partition coefficient (Wildman–Crippen LogP) is 2.81. The molecule has 22 heavy (non-hydrogen) atoms. The van der Waals surface area contributed by atoms with Crippen molar-refractivity contribution in [1.29, 1.82) is 0 Å². The molecule has 1 aliphatic heterocycles. The van der Waals surface area contributed by atoms with Gasteiger partial charge >= 0.3 is 0 Å². The number of amides is 2. The molecule has 0 bridgehead atoms. The van der Waals surface area contributed by atoms with E-state index in [1.54, 1.807) is 0 Å². The number of hydrogen-bond acceptors (Lipinski definition) is 3. The molecule has 120 valence electrons. The first-order valence-electron chi connectivity index (χ1n) is 6.82. The van der Waals surface area contributed by atoms with Gasteiger partial charge in [-0.25, -0.2) is 0 Å². The van der Waals surface area contributed by atoms with E-state index >= 15 is 0 Å². The number of nitrogens with one attached hydrogen (secondary N) is 2. The van der Waals surface area contributed by atoms with Crippen LogP contribution in [0.4, 0.5) is 0 Å². The van der Waals surface area contributed by atoms with Gasteiger partial charge in [0.05, 0.1) is 10.0 Å². The van der Waals surface area contributed by atoms with Gasteiger partial charge < -0.3 is 15.4 Å². The number of ether oxygens (including phenoxy) is 1. The van der Waals surface area contributed by atoms with Gasteiger partial charge in [0.25, 0.3) is 5.91 Å². The van der Waals surface area contributed by atoms with Gasteiger partial charge in [0, 0.05) is 11.6 Å². The highest BCUT2D eigenvalue weighted by Crippen LogP contribution is 2.35. The molecule has 1 aromatic carbocycles. The number of halogens is 3. The van der Waals surface area contributed by atoms with Crippen molar-refractivity contribution in [1.82, 2.24) is 10.6 Å². The minimum absolute atomic E-state index is 0.173. The lowest BCUT2D eigenvalue weighted by Gasteiger charge is -2.16. The van der Waals surface area contributed by atoms with Gasteiger partial charge in [-0.1, -0.05) is 34.8 Å². The van der Waals surface area contributed by atoms with E-state index in [1.165, 1.54) is 12.1 Å². The first-order valence-corrected chi connectivity index (χ1v) is 7.95. The smallest absolute Gasteiger partial charge is 0.258 e. The van der Waals surface area contributed by atoms with Gasteiger partial charge in [-0.05, 0) is 31.4 Å². The number of hydrogen-bond donors (Lipinski definition) is 2.